The molecule has 2 aliphatic rings. The summed E-state index contributed by atoms with van der Waals surface area (Å²) in [6, 6.07) is 2.82. The second-order valence-corrected chi connectivity index (χ2v) is 11.9. The first-order valence-electron chi connectivity index (χ1n) is 9.07. The number of hydrogen-bond donors (Lipinski definition) is 0. The monoisotopic (exact) mass is 416 g/mol. The highest BCUT2D eigenvalue weighted by molar-refractivity contribution is 7.96. The minimum atomic E-state index is -3.79. The van der Waals surface area contributed by atoms with Crippen LogP contribution >= 0.6 is 0 Å². The molecule has 3 rings (SSSR count). The molecule has 2 fully saturated rings. The third kappa shape index (κ3) is 4.01. The predicted molar refractivity (Wildman–Crippen MR) is 105 cm³/mol. The molecular weight excluding hydrogens is 388 g/mol. The molecule has 152 valence electrons. The van der Waals surface area contributed by atoms with Gasteiger partial charge in [0.15, 0.2) is 19.7 Å². The Balaban J connectivity index is 2.00. The summed E-state index contributed by atoms with van der Waals surface area (Å²) in [5.74, 6) is 0.229. The first kappa shape index (κ1) is 20.6. The van der Waals surface area contributed by atoms with Crippen LogP contribution in [-0.2, 0) is 19.7 Å². The van der Waals surface area contributed by atoms with Crippen molar-refractivity contribution in [3.8, 4) is 5.75 Å². The van der Waals surface area contributed by atoms with Crippen LogP contribution in [0.1, 0.15) is 11.1 Å². The summed E-state index contributed by atoms with van der Waals surface area (Å²) in [6.07, 6.45) is 0. The number of likely N-dealkylation sites (N-methyl/N-ethyl adjacent to an activating group) is 1. The maximum Gasteiger partial charge on any atom is 0.184 e. The van der Waals surface area contributed by atoms with Gasteiger partial charge in [-0.05, 0) is 44.2 Å². The average Bonchev–Trinajstić information content (AvgIpc) is 2.93. The van der Waals surface area contributed by atoms with Gasteiger partial charge in [0.1, 0.15) is 5.75 Å². The van der Waals surface area contributed by atoms with E-state index in [9.17, 15) is 16.8 Å². The second-order valence-electron chi connectivity index (χ2n) is 7.65. The van der Waals surface area contributed by atoms with Crippen molar-refractivity contribution < 1.29 is 21.6 Å². The minimum absolute atomic E-state index is 0.0885. The number of hydrogen-bond acceptors (Lipinski definition) is 7. The normalized spacial score (nSPS) is 27.0. The second kappa shape index (κ2) is 7.35. The summed E-state index contributed by atoms with van der Waals surface area (Å²) in [5.41, 5.74) is 1.30. The van der Waals surface area contributed by atoms with E-state index in [1.807, 2.05) is 11.9 Å². The number of methoxy groups -OCH3 is 1. The van der Waals surface area contributed by atoms with Crippen molar-refractivity contribution in [2.45, 2.75) is 30.0 Å². The van der Waals surface area contributed by atoms with Gasteiger partial charge in [-0.1, -0.05) is 0 Å². The summed E-state index contributed by atoms with van der Waals surface area (Å²) in [5, 5.41) is -0.933. The molecule has 0 aromatic heterocycles. The Hall–Kier alpha value is -1.16. The fourth-order valence-electron chi connectivity index (χ4n) is 4.04. The fourth-order valence-corrected chi connectivity index (χ4v) is 9.18. The molecule has 9 heteroatoms. The Labute approximate surface area is 162 Å². The molecule has 2 atom stereocenters. The summed E-state index contributed by atoms with van der Waals surface area (Å²) < 4.78 is 56.9. The van der Waals surface area contributed by atoms with Crippen molar-refractivity contribution in [3.63, 3.8) is 0 Å². The number of benzene rings is 1. The fraction of sp³-hybridized carbons (Fsp3) is 0.667. The maximum absolute atomic E-state index is 13.5. The molecule has 0 bridgehead atoms. The molecule has 0 aliphatic carbocycles. The molecule has 2 aliphatic heterocycles. The quantitative estimate of drug-likeness (QED) is 0.707. The number of ether oxygens (including phenoxy) is 1. The average molecular weight is 417 g/mol. The van der Waals surface area contributed by atoms with Gasteiger partial charge in [0.05, 0.1) is 28.8 Å². The zero-order valence-corrected chi connectivity index (χ0v) is 17.9. The van der Waals surface area contributed by atoms with Gasteiger partial charge >= 0.3 is 0 Å². The van der Waals surface area contributed by atoms with Crippen LogP contribution in [0.15, 0.2) is 17.0 Å². The highest BCUT2D eigenvalue weighted by Gasteiger charge is 2.48. The lowest BCUT2D eigenvalue weighted by Gasteiger charge is -2.38. The molecule has 0 spiro atoms. The lowest BCUT2D eigenvalue weighted by molar-refractivity contribution is 0.122. The Kier molecular flexibility index (Phi) is 5.60. The van der Waals surface area contributed by atoms with Crippen molar-refractivity contribution in [2.75, 3.05) is 51.8 Å². The predicted octanol–water partition coefficient (Wildman–Crippen LogP) is 0.499. The number of aryl methyl sites for hydroxylation is 2. The molecular formula is C18H28N2O5S2. The lowest BCUT2D eigenvalue weighted by Crippen LogP contribution is -2.54. The van der Waals surface area contributed by atoms with Crippen molar-refractivity contribution in [1.29, 1.82) is 0 Å². The van der Waals surface area contributed by atoms with Crippen LogP contribution in [-0.4, -0.2) is 89.8 Å². The van der Waals surface area contributed by atoms with Crippen LogP contribution in [0.25, 0.3) is 0 Å². The molecule has 7 nitrogen and oxygen atoms in total. The van der Waals surface area contributed by atoms with Gasteiger partial charge in [0, 0.05) is 32.2 Å². The van der Waals surface area contributed by atoms with E-state index in [0.717, 1.165) is 18.7 Å². The van der Waals surface area contributed by atoms with E-state index >= 15 is 0 Å². The maximum atomic E-state index is 13.5. The minimum Gasteiger partial charge on any atom is -0.496 e. The lowest BCUT2D eigenvalue weighted by atomic mass is 10.1. The molecule has 0 radical (unpaired) electrons. The van der Waals surface area contributed by atoms with Crippen LogP contribution in [0.4, 0.5) is 0 Å². The van der Waals surface area contributed by atoms with E-state index in [1.54, 1.807) is 33.1 Å². The van der Waals surface area contributed by atoms with Crippen molar-refractivity contribution in [3.05, 3.63) is 23.3 Å². The van der Waals surface area contributed by atoms with E-state index in [1.165, 1.54) is 0 Å². The third-order valence-electron chi connectivity index (χ3n) is 5.68. The number of sulfone groups is 2. The summed E-state index contributed by atoms with van der Waals surface area (Å²) in [4.78, 5) is 4.42. The smallest absolute Gasteiger partial charge is 0.184 e. The Morgan fingerprint density at radius 1 is 1.04 bits per heavy atom. The van der Waals surface area contributed by atoms with Crippen molar-refractivity contribution in [1.82, 2.24) is 9.80 Å². The zero-order valence-electron chi connectivity index (χ0n) is 16.3. The summed E-state index contributed by atoms with van der Waals surface area (Å²) >= 11 is 0. The van der Waals surface area contributed by atoms with Crippen LogP contribution in [0.2, 0.25) is 0 Å². The molecule has 0 unspecified atom stereocenters. The zero-order chi connectivity index (χ0) is 20.0. The molecule has 2 saturated heterocycles. The highest BCUT2D eigenvalue weighted by atomic mass is 32.2. The van der Waals surface area contributed by atoms with Gasteiger partial charge < -0.3 is 9.64 Å². The standard InChI is InChI=1S/C18H28N2O5S2/c1-13-10-17(14(2)9-16(13)25-4)27(23,24)18-12-26(21,22)11-15(18)20-7-5-19(3)6-8-20/h9-10,15,18H,5-8,11-12H2,1-4H3/t15-,18-/m0/s1. The first-order valence-corrected chi connectivity index (χ1v) is 12.4. The number of nitrogens with zero attached hydrogens (tertiary/aromatic N) is 2. The number of rotatable bonds is 4. The van der Waals surface area contributed by atoms with Crippen molar-refractivity contribution >= 4 is 19.7 Å². The molecule has 27 heavy (non-hydrogen) atoms. The van der Waals surface area contributed by atoms with Gasteiger partial charge in [-0.2, -0.15) is 0 Å². The van der Waals surface area contributed by atoms with E-state index < -0.39 is 31.0 Å². The first-order chi connectivity index (χ1) is 12.5. The number of piperazine rings is 1. The third-order valence-corrected chi connectivity index (χ3v) is 9.93. The largest absolute Gasteiger partial charge is 0.496 e. The Bertz CT molecular complexity index is 919. The van der Waals surface area contributed by atoms with E-state index in [4.69, 9.17) is 4.74 Å². The van der Waals surface area contributed by atoms with Gasteiger partial charge in [0.25, 0.3) is 0 Å². The molecule has 0 amide bonds. The van der Waals surface area contributed by atoms with Gasteiger partial charge in [-0.25, -0.2) is 16.8 Å². The van der Waals surface area contributed by atoms with Crippen LogP contribution in [0.3, 0.4) is 0 Å². The van der Waals surface area contributed by atoms with Gasteiger partial charge in [-0.3, -0.25) is 4.90 Å². The Morgan fingerprint density at radius 2 is 1.67 bits per heavy atom. The van der Waals surface area contributed by atoms with E-state index in [0.29, 0.717) is 24.4 Å². The van der Waals surface area contributed by atoms with Crippen LogP contribution in [0.5, 0.6) is 5.75 Å². The summed E-state index contributed by atoms with van der Waals surface area (Å²) in [6.45, 7) is 6.50. The van der Waals surface area contributed by atoms with Gasteiger partial charge in [0.2, 0.25) is 0 Å². The molecule has 1 aromatic rings. The van der Waals surface area contributed by atoms with Crippen LogP contribution < -0.4 is 4.74 Å². The Morgan fingerprint density at radius 3 is 2.26 bits per heavy atom. The van der Waals surface area contributed by atoms with Crippen molar-refractivity contribution in [2.24, 2.45) is 0 Å². The van der Waals surface area contributed by atoms with Gasteiger partial charge in [-0.15, -0.1) is 0 Å². The molecule has 1 aromatic carbocycles. The van der Waals surface area contributed by atoms with E-state index in [2.05, 4.69) is 4.90 Å². The summed E-state index contributed by atoms with van der Waals surface area (Å²) in [7, 11) is -3.62. The van der Waals surface area contributed by atoms with Crippen LogP contribution in [0, 0.1) is 13.8 Å². The SMILES string of the molecule is COc1cc(C)c(S(=O)(=O)[C@H]2CS(=O)(=O)C[C@@H]2N2CCN(C)CC2)cc1C. The topological polar surface area (TPSA) is 84.0 Å². The molecule has 0 N–H and O–H groups in total. The van der Waals surface area contributed by atoms with E-state index in [-0.39, 0.29) is 16.4 Å². The molecule has 0 saturated carbocycles. The highest BCUT2D eigenvalue weighted by Crippen LogP contribution is 2.33. The molecule has 2 heterocycles.